The summed E-state index contributed by atoms with van der Waals surface area (Å²) in [6.45, 7) is 4.05. The number of rotatable bonds is 5. The van der Waals surface area contributed by atoms with E-state index in [1.54, 1.807) is 0 Å². The molecule has 0 aliphatic rings. The molecule has 0 aliphatic heterocycles. The van der Waals surface area contributed by atoms with Crippen molar-refractivity contribution in [1.29, 1.82) is 0 Å². The third-order valence-electron chi connectivity index (χ3n) is 2.36. The fourth-order valence-electron chi connectivity index (χ4n) is 1.39. The molecule has 6 heteroatoms. The van der Waals surface area contributed by atoms with Gasteiger partial charge < -0.3 is 20.5 Å². The summed E-state index contributed by atoms with van der Waals surface area (Å²) in [5, 5.41) is 15.2. The van der Waals surface area contributed by atoms with Gasteiger partial charge in [0.1, 0.15) is 11.3 Å². The molecule has 0 fully saturated rings. The monoisotopic (exact) mass is 266 g/mol. The number of phenols is 1. The SMILES string of the molecule is COC(=O)c1ccc(NC(=O)CNC(C)C)cc1O. The molecular weight excluding hydrogens is 248 g/mol. The lowest BCUT2D eigenvalue weighted by molar-refractivity contribution is -0.115. The first-order chi connectivity index (χ1) is 8.93. The lowest BCUT2D eigenvalue weighted by Gasteiger charge is -2.10. The summed E-state index contributed by atoms with van der Waals surface area (Å²) in [6.07, 6.45) is 0. The van der Waals surface area contributed by atoms with Gasteiger partial charge in [-0.15, -0.1) is 0 Å². The normalized spacial score (nSPS) is 10.3. The molecule has 0 radical (unpaired) electrons. The molecule has 19 heavy (non-hydrogen) atoms. The van der Waals surface area contributed by atoms with Gasteiger partial charge in [-0.25, -0.2) is 4.79 Å². The standard InChI is InChI=1S/C13H18N2O4/c1-8(2)14-7-12(17)15-9-4-5-10(11(16)6-9)13(18)19-3/h4-6,8,14,16H,7H2,1-3H3,(H,15,17). The first-order valence-corrected chi connectivity index (χ1v) is 5.88. The van der Waals surface area contributed by atoms with E-state index < -0.39 is 5.97 Å². The van der Waals surface area contributed by atoms with Gasteiger partial charge >= 0.3 is 5.97 Å². The van der Waals surface area contributed by atoms with Crippen LogP contribution in [-0.2, 0) is 9.53 Å². The topological polar surface area (TPSA) is 87.7 Å². The van der Waals surface area contributed by atoms with Crippen LogP contribution >= 0.6 is 0 Å². The number of nitrogens with one attached hydrogen (secondary N) is 2. The van der Waals surface area contributed by atoms with Crippen molar-refractivity contribution in [2.75, 3.05) is 19.0 Å². The number of phenolic OH excluding ortho intramolecular Hbond substituents is 1. The zero-order valence-electron chi connectivity index (χ0n) is 11.2. The number of benzene rings is 1. The molecule has 0 aromatic heterocycles. The molecule has 0 atom stereocenters. The maximum Gasteiger partial charge on any atom is 0.341 e. The average molecular weight is 266 g/mol. The van der Waals surface area contributed by atoms with E-state index in [1.165, 1.54) is 25.3 Å². The Morgan fingerprint density at radius 3 is 2.58 bits per heavy atom. The van der Waals surface area contributed by atoms with Gasteiger partial charge in [0.15, 0.2) is 0 Å². The third-order valence-corrected chi connectivity index (χ3v) is 2.36. The highest BCUT2D eigenvalue weighted by Gasteiger charge is 2.12. The van der Waals surface area contributed by atoms with E-state index in [1.807, 2.05) is 13.8 Å². The second-order valence-electron chi connectivity index (χ2n) is 4.31. The molecule has 0 unspecified atom stereocenters. The van der Waals surface area contributed by atoms with Crippen LogP contribution in [0.4, 0.5) is 5.69 Å². The summed E-state index contributed by atoms with van der Waals surface area (Å²) in [4.78, 5) is 22.8. The number of amides is 1. The van der Waals surface area contributed by atoms with Gasteiger partial charge in [0, 0.05) is 17.8 Å². The summed E-state index contributed by atoms with van der Waals surface area (Å²) >= 11 is 0. The van der Waals surface area contributed by atoms with Gasteiger partial charge in [-0.05, 0) is 12.1 Å². The predicted molar refractivity (Wildman–Crippen MR) is 71.2 cm³/mol. The Morgan fingerprint density at radius 2 is 2.05 bits per heavy atom. The molecule has 104 valence electrons. The Labute approximate surface area is 111 Å². The van der Waals surface area contributed by atoms with Crippen LogP contribution in [0.3, 0.4) is 0 Å². The number of aromatic hydroxyl groups is 1. The van der Waals surface area contributed by atoms with E-state index in [-0.39, 0.29) is 29.8 Å². The van der Waals surface area contributed by atoms with Crippen LogP contribution in [-0.4, -0.2) is 36.7 Å². The fourth-order valence-corrected chi connectivity index (χ4v) is 1.39. The predicted octanol–water partition coefficient (Wildman–Crippen LogP) is 1.12. The quantitative estimate of drug-likeness (QED) is 0.695. The van der Waals surface area contributed by atoms with Crippen molar-refractivity contribution in [3.63, 3.8) is 0 Å². The highest BCUT2D eigenvalue weighted by atomic mass is 16.5. The number of ether oxygens (including phenoxy) is 1. The van der Waals surface area contributed by atoms with Crippen LogP contribution in [0, 0.1) is 0 Å². The van der Waals surface area contributed by atoms with E-state index in [9.17, 15) is 14.7 Å². The third kappa shape index (κ3) is 4.59. The number of hydrogen-bond acceptors (Lipinski definition) is 5. The second kappa shape index (κ2) is 6.75. The fraction of sp³-hybridized carbons (Fsp3) is 0.385. The highest BCUT2D eigenvalue weighted by molar-refractivity contribution is 5.95. The first-order valence-electron chi connectivity index (χ1n) is 5.88. The van der Waals surface area contributed by atoms with Crippen LogP contribution in [0.15, 0.2) is 18.2 Å². The number of methoxy groups -OCH3 is 1. The molecule has 0 heterocycles. The van der Waals surface area contributed by atoms with Gasteiger partial charge in [0.2, 0.25) is 5.91 Å². The Kier molecular flexibility index (Phi) is 5.32. The van der Waals surface area contributed by atoms with Crippen LogP contribution in [0.1, 0.15) is 24.2 Å². The number of carbonyl (C=O) groups excluding carboxylic acids is 2. The van der Waals surface area contributed by atoms with Gasteiger partial charge in [0.25, 0.3) is 0 Å². The van der Waals surface area contributed by atoms with E-state index in [0.29, 0.717) is 5.69 Å². The number of esters is 1. The molecule has 0 bridgehead atoms. The van der Waals surface area contributed by atoms with Crippen LogP contribution in [0.2, 0.25) is 0 Å². The molecule has 1 aromatic carbocycles. The van der Waals surface area contributed by atoms with Crippen LogP contribution in [0.25, 0.3) is 0 Å². The van der Waals surface area contributed by atoms with Crippen molar-refractivity contribution in [2.45, 2.75) is 19.9 Å². The number of anilines is 1. The Hall–Kier alpha value is -2.08. The Bertz CT molecular complexity index is 472. The minimum atomic E-state index is -0.628. The lowest BCUT2D eigenvalue weighted by Crippen LogP contribution is -2.32. The second-order valence-corrected chi connectivity index (χ2v) is 4.31. The number of hydrogen-bond donors (Lipinski definition) is 3. The summed E-state index contributed by atoms with van der Waals surface area (Å²) in [5.74, 6) is -1.09. The minimum absolute atomic E-state index is 0.0563. The van der Waals surface area contributed by atoms with E-state index in [2.05, 4.69) is 15.4 Å². The van der Waals surface area contributed by atoms with Crippen LogP contribution in [0.5, 0.6) is 5.75 Å². The molecule has 0 spiro atoms. The zero-order chi connectivity index (χ0) is 14.4. The molecule has 1 aromatic rings. The first kappa shape index (κ1) is 15.0. The Morgan fingerprint density at radius 1 is 1.37 bits per heavy atom. The van der Waals surface area contributed by atoms with Crippen molar-refractivity contribution in [3.8, 4) is 5.75 Å². The molecule has 0 saturated heterocycles. The summed E-state index contributed by atoms with van der Waals surface area (Å²) < 4.78 is 4.51. The van der Waals surface area contributed by atoms with Crippen molar-refractivity contribution in [2.24, 2.45) is 0 Å². The van der Waals surface area contributed by atoms with Gasteiger partial charge in [0.05, 0.1) is 13.7 Å². The van der Waals surface area contributed by atoms with Crippen LogP contribution < -0.4 is 10.6 Å². The molecule has 0 saturated carbocycles. The average Bonchev–Trinajstić information content (AvgIpc) is 2.35. The van der Waals surface area contributed by atoms with E-state index >= 15 is 0 Å². The Balaban J connectivity index is 2.68. The van der Waals surface area contributed by atoms with E-state index in [4.69, 9.17) is 0 Å². The molecular formula is C13H18N2O4. The molecule has 6 nitrogen and oxygen atoms in total. The van der Waals surface area contributed by atoms with E-state index in [0.717, 1.165) is 0 Å². The summed E-state index contributed by atoms with van der Waals surface area (Å²) in [6, 6.07) is 4.44. The van der Waals surface area contributed by atoms with Crippen molar-refractivity contribution >= 4 is 17.6 Å². The van der Waals surface area contributed by atoms with Crippen molar-refractivity contribution in [1.82, 2.24) is 5.32 Å². The molecule has 1 rings (SSSR count). The maximum atomic E-state index is 11.6. The molecule has 0 aliphatic carbocycles. The maximum absolute atomic E-state index is 11.6. The smallest absolute Gasteiger partial charge is 0.341 e. The summed E-state index contributed by atoms with van der Waals surface area (Å²) in [5.41, 5.74) is 0.474. The molecule has 1 amide bonds. The van der Waals surface area contributed by atoms with Gasteiger partial charge in [-0.2, -0.15) is 0 Å². The van der Waals surface area contributed by atoms with Gasteiger partial charge in [-0.1, -0.05) is 13.8 Å². The largest absolute Gasteiger partial charge is 0.507 e. The minimum Gasteiger partial charge on any atom is -0.507 e. The number of carbonyl (C=O) groups is 2. The zero-order valence-corrected chi connectivity index (χ0v) is 11.2. The van der Waals surface area contributed by atoms with Crippen molar-refractivity contribution in [3.05, 3.63) is 23.8 Å². The highest BCUT2D eigenvalue weighted by Crippen LogP contribution is 2.22. The van der Waals surface area contributed by atoms with Crippen molar-refractivity contribution < 1.29 is 19.4 Å². The summed E-state index contributed by atoms with van der Waals surface area (Å²) in [7, 11) is 1.23. The lowest BCUT2D eigenvalue weighted by atomic mass is 10.2. The molecule has 3 N–H and O–H groups in total. The van der Waals surface area contributed by atoms with Gasteiger partial charge in [-0.3, -0.25) is 4.79 Å².